The number of nitrogens with two attached hydrogens (primary N) is 6. The molecule has 0 aliphatic rings. The molecule has 9 amide bonds. The summed E-state index contributed by atoms with van der Waals surface area (Å²) >= 11 is 0. The van der Waals surface area contributed by atoms with E-state index in [-0.39, 0.29) is 25.3 Å². The summed E-state index contributed by atoms with van der Waals surface area (Å²) in [6, 6.07) is -13.1. The first-order valence-electron chi connectivity index (χ1n) is 17.1. The van der Waals surface area contributed by atoms with Gasteiger partial charge in [0.05, 0.1) is 43.9 Å². The summed E-state index contributed by atoms with van der Waals surface area (Å²) in [5.74, 6) is -14.8. The van der Waals surface area contributed by atoms with E-state index in [0.717, 1.165) is 13.8 Å². The van der Waals surface area contributed by atoms with Gasteiger partial charge in [0.1, 0.15) is 36.3 Å². The highest BCUT2D eigenvalue weighted by Crippen LogP contribution is 2.06. The predicted octanol–water partition coefficient (Wildman–Crippen LogP) is -9.78. The van der Waals surface area contributed by atoms with E-state index in [1.54, 1.807) is 0 Å². The number of nitrogens with zero attached hydrogens (tertiary/aromatic N) is 1. The van der Waals surface area contributed by atoms with Crippen LogP contribution in [0.15, 0.2) is 4.99 Å². The molecule has 0 aromatic rings. The third-order valence-electron chi connectivity index (χ3n) is 7.53. The zero-order chi connectivity index (χ0) is 45.0. The first-order valence-corrected chi connectivity index (χ1v) is 17.1. The minimum Gasteiger partial charge on any atom is -0.481 e. The SMILES string of the molecule is C[C@@H](O)[C@H](NC(=O)[C@H](CC(N)=O)NC(=O)[C@@H](NC(=O)[C@H](CC(N)=O)NC(=O)[C@H](CC(=O)O)NC(=O)[C@@H](N)CC(N)=O)[C@@H](C)O)C(=O)N[C@@H](CCCN=C(N)N)C(=O)O. The Bertz CT molecular complexity index is 1590. The Labute approximate surface area is 329 Å². The van der Waals surface area contributed by atoms with Gasteiger partial charge in [-0.1, -0.05) is 0 Å². The van der Waals surface area contributed by atoms with Crippen LogP contribution >= 0.6 is 0 Å². The lowest BCUT2D eigenvalue weighted by molar-refractivity contribution is -0.143. The Morgan fingerprint density at radius 1 is 0.517 bits per heavy atom. The molecule has 0 aliphatic heterocycles. The molecule has 0 heterocycles. The maximum absolute atomic E-state index is 13.3. The van der Waals surface area contributed by atoms with Crippen molar-refractivity contribution >= 4 is 71.1 Å². The molecule has 0 bridgehead atoms. The van der Waals surface area contributed by atoms with Gasteiger partial charge in [-0.3, -0.25) is 52.9 Å². The van der Waals surface area contributed by atoms with E-state index in [9.17, 15) is 73.2 Å². The van der Waals surface area contributed by atoms with Crippen LogP contribution < -0.4 is 66.3 Å². The van der Waals surface area contributed by atoms with Gasteiger partial charge in [-0.05, 0) is 26.7 Å². The molecular weight excluding hydrogens is 782 g/mol. The second kappa shape index (κ2) is 24.8. The van der Waals surface area contributed by atoms with Gasteiger partial charge in [-0.2, -0.15) is 0 Å². The maximum Gasteiger partial charge on any atom is 0.326 e. The van der Waals surface area contributed by atoms with E-state index in [1.165, 1.54) is 0 Å². The first-order chi connectivity index (χ1) is 26.8. The number of carboxylic acids is 2. The molecule has 0 aromatic carbocycles. The van der Waals surface area contributed by atoms with E-state index in [2.05, 4.69) is 15.6 Å². The largest absolute Gasteiger partial charge is 0.481 e. The number of primary amides is 3. The van der Waals surface area contributed by atoms with E-state index < -0.39 is 145 Å². The molecule has 0 radical (unpaired) electrons. The monoisotopic (exact) mass is 833 g/mol. The Hall–Kier alpha value is -6.68. The number of carbonyl (C=O) groups excluding carboxylic acids is 9. The van der Waals surface area contributed by atoms with Crippen molar-refractivity contribution in [1.82, 2.24) is 31.9 Å². The Morgan fingerprint density at radius 2 is 0.879 bits per heavy atom. The van der Waals surface area contributed by atoms with Crippen LogP contribution in [-0.4, -0.2) is 153 Å². The molecule has 0 unspecified atom stereocenters. The van der Waals surface area contributed by atoms with Gasteiger partial charge in [0, 0.05) is 6.54 Å². The van der Waals surface area contributed by atoms with Gasteiger partial charge in [0.2, 0.25) is 53.2 Å². The van der Waals surface area contributed by atoms with Crippen LogP contribution in [0.5, 0.6) is 0 Å². The van der Waals surface area contributed by atoms with Gasteiger partial charge in [-0.15, -0.1) is 0 Å². The first kappa shape index (κ1) is 51.3. The zero-order valence-corrected chi connectivity index (χ0v) is 31.3. The van der Waals surface area contributed by atoms with E-state index >= 15 is 0 Å². The molecule has 0 saturated heterocycles. The van der Waals surface area contributed by atoms with Crippen LogP contribution in [0, 0.1) is 0 Å². The quantitative estimate of drug-likeness (QED) is 0.0207. The normalized spacial score (nSPS) is 15.4. The summed E-state index contributed by atoms with van der Waals surface area (Å²) in [6.45, 7) is 2.01. The summed E-state index contributed by atoms with van der Waals surface area (Å²) in [4.78, 5) is 140. The molecular formula is C30H51N13O15. The molecule has 22 N–H and O–H groups in total. The molecule has 0 aliphatic carbocycles. The number of aliphatic hydroxyl groups is 2. The maximum atomic E-state index is 13.3. The minimum atomic E-state index is -2.06. The molecule has 0 fully saturated rings. The number of aliphatic hydroxyl groups excluding tert-OH is 2. The summed E-state index contributed by atoms with van der Waals surface area (Å²) in [5.41, 5.74) is 31.4. The smallest absolute Gasteiger partial charge is 0.326 e. The molecule has 0 spiro atoms. The van der Waals surface area contributed by atoms with Crippen molar-refractivity contribution in [3.63, 3.8) is 0 Å². The van der Waals surface area contributed by atoms with Crippen LogP contribution in [0.4, 0.5) is 0 Å². The minimum absolute atomic E-state index is 0.00464. The van der Waals surface area contributed by atoms with Gasteiger partial charge in [-0.25, -0.2) is 4.79 Å². The fourth-order valence-electron chi connectivity index (χ4n) is 4.67. The lowest BCUT2D eigenvalue weighted by atomic mass is 10.1. The number of hydrogen-bond acceptors (Lipinski definition) is 15. The molecule has 326 valence electrons. The second-order valence-electron chi connectivity index (χ2n) is 12.7. The van der Waals surface area contributed by atoms with Crippen LogP contribution in [0.1, 0.15) is 52.4 Å². The third kappa shape index (κ3) is 19.8. The number of amides is 9. The standard InChI is InChI=1S/C30H51N13O15/c1-10(44)21(27(55)38-13(29(57)58)4-3-5-37-30(35)36)42-26(54)15(8-19(34)48)41-28(56)22(11(2)45)43-25(53)14(7-18(33)47)40-24(52)16(9-20(49)50)39-23(51)12(31)6-17(32)46/h10-16,21-22,44-45H,3-9,31H2,1-2H3,(H2,32,46)(H2,33,47)(H2,34,48)(H,38,55)(H,39,51)(H,40,52)(H,41,56)(H,42,54)(H,43,53)(H,49,50)(H,57,58)(H4,35,36,37)/t10-,11-,12+,13+,14+,15+,16+,21+,22+/m1/s1. The fourth-order valence-corrected chi connectivity index (χ4v) is 4.67. The number of rotatable bonds is 27. The van der Waals surface area contributed by atoms with Gasteiger partial charge >= 0.3 is 11.9 Å². The number of guanidine groups is 1. The number of carbonyl (C=O) groups is 11. The number of carboxylic acid groups (broad SMARTS) is 2. The fraction of sp³-hybridized carbons (Fsp3) is 0.600. The van der Waals surface area contributed by atoms with Gasteiger partial charge < -0.3 is 86.7 Å². The summed E-state index contributed by atoms with van der Waals surface area (Å²) in [7, 11) is 0. The van der Waals surface area contributed by atoms with Crippen LogP contribution in [0.2, 0.25) is 0 Å². The zero-order valence-electron chi connectivity index (χ0n) is 31.3. The molecule has 28 heteroatoms. The molecule has 0 aromatic heterocycles. The highest BCUT2D eigenvalue weighted by molar-refractivity contribution is 6.00. The van der Waals surface area contributed by atoms with Crippen LogP contribution in [0.3, 0.4) is 0 Å². The van der Waals surface area contributed by atoms with Crippen LogP contribution in [0.25, 0.3) is 0 Å². The Morgan fingerprint density at radius 3 is 1.24 bits per heavy atom. The van der Waals surface area contributed by atoms with Crippen molar-refractivity contribution in [3.05, 3.63) is 0 Å². The second-order valence-corrected chi connectivity index (χ2v) is 12.7. The topological polar surface area (TPSA) is 509 Å². The lowest BCUT2D eigenvalue weighted by Gasteiger charge is -2.28. The van der Waals surface area contributed by atoms with Crippen LogP contribution in [-0.2, 0) is 52.7 Å². The Kier molecular flexibility index (Phi) is 21.9. The van der Waals surface area contributed by atoms with E-state index in [4.69, 9.17) is 34.4 Å². The molecule has 9 atom stereocenters. The van der Waals surface area contributed by atoms with Gasteiger partial charge in [0.25, 0.3) is 0 Å². The lowest BCUT2D eigenvalue weighted by Crippen LogP contribution is -2.63. The molecule has 28 nitrogen and oxygen atoms in total. The van der Waals surface area contributed by atoms with Crippen molar-refractivity contribution in [2.75, 3.05) is 6.54 Å². The molecule has 58 heavy (non-hydrogen) atoms. The average molecular weight is 834 g/mol. The summed E-state index contributed by atoms with van der Waals surface area (Å²) in [6.07, 6.45) is -7.44. The van der Waals surface area contributed by atoms with E-state index in [0.29, 0.717) is 0 Å². The van der Waals surface area contributed by atoms with Crippen molar-refractivity contribution in [2.45, 2.75) is 107 Å². The highest BCUT2D eigenvalue weighted by atomic mass is 16.4. The number of hydrogen-bond donors (Lipinski definition) is 16. The van der Waals surface area contributed by atoms with Crippen molar-refractivity contribution < 1.29 is 73.2 Å². The predicted molar refractivity (Wildman–Crippen MR) is 194 cm³/mol. The third-order valence-corrected chi connectivity index (χ3v) is 7.53. The van der Waals surface area contributed by atoms with Crippen molar-refractivity contribution in [1.29, 1.82) is 0 Å². The number of aliphatic imine (C=N–C) groups is 1. The van der Waals surface area contributed by atoms with E-state index in [1.807, 2.05) is 21.3 Å². The van der Waals surface area contributed by atoms with Crippen molar-refractivity contribution in [3.8, 4) is 0 Å². The highest BCUT2D eigenvalue weighted by Gasteiger charge is 2.37. The molecule has 0 saturated carbocycles. The molecule has 0 rings (SSSR count). The van der Waals surface area contributed by atoms with Gasteiger partial charge in [0.15, 0.2) is 5.96 Å². The summed E-state index contributed by atoms with van der Waals surface area (Å²) < 4.78 is 0. The number of aliphatic carboxylic acids is 2. The summed E-state index contributed by atoms with van der Waals surface area (Å²) in [5, 5.41) is 51.5. The average Bonchev–Trinajstić information content (AvgIpc) is 3.07. The Balaban J connectivity index is 6.22. The number of nitrogens with one attached hydrogen (secondary N) is 6. The van der Waals surface area contributed by atoms with Crippen molar-refractivity contribution in [2.24, 2.45) is 39.4 Å².